The minimum atomic E-state index is -3.83. The Kier molecular flexibility index (Phi) is 8.15. The summed E-state index contributed by atoms with van der Waals surface area (Å²) in [7, 11) is -7.38. The molecule has 4 aromatic rings. The fourth-order valence-electron chi connectivity index (χ4n) is 3.56. The van der Waals surface area contributed by atoms with Crippen molar-refractivity contribution in [2.75, 3.05) is 13.2 Å². The summed E-state index contributed by atoms with van der Waals surface area (Å²) in [6.07, 6.45) is 1.42. The monoisotopic (exact) mass is 538 g/mol. The Balaban J connectivity index is 1.21. The zero-order chi connectivity index (χ0) is 26.3. The van der Waals surface area contributed by atoms with Crippen LogP contribution in [0.15, 0.2) is 123 Å². The third kappa shape index (κ3) is 6.31. The maximum Gasteiger partial charge on any atom is 0.210 e. The Morgan fingerprint density at radius 1 is 0.514 bits per heavy atom. The van der Waals surface area contributed by atoms with Crippen molar-refractivity contribution in [3.8, 4) is 17.2 Å². The van der Waals surface area contributed by atoms with Crippen LogP contribution in [0.2, 0.25) is 0 Å². The Hall–Kier alpha value is -3.82. The number of benzene rings is 4. The van der Waals surface area contributed by atoms with Gasteiger partial charge in [0.1, 0.15) is 22.1 Å². The van der Waals surface area contributed by atoms with Gasteiger partial charge in [-0.3, -0.25) is 0 Å². The van der Waals surface area contributed by atoms with E-state index < -0.39 is 19.7 Å². The summed E-state index contributed by atoms with van der Waals surface area (Å²) in [5.74, 6) is 0.819. The van der Waals surface area contributed by atoms with E-state index in [9.17, 15) is 21.9 Å². The molecular formula is C28H26O7S2. The number of hydrogen-bond acceptors (Lipinski definition) is 7. The molecule has 0 fully saturated rings. The number of aromatic hydroxyl groups is 1. The van der Waals surface area contributed by atoms with E-state index in [0.29, 0.717) is 37.6 Å². The van der Waals surface area contributed by atoms with Gasteiger partial charge in [-0.2, -0.15) is 0 Å². The highest BCUT2D eigenvalue weighted by atomic mass is 32.2. The van der Waals surface area contributed by atoms with E-state index in [1.807, 2.05) is 0 Å². The Labute approximate surface area is 216 Å². The average Bonchev–Trinajstić information content (AvgIpc) is 2.92. The molecule has 0 aliphatic heterocycles. The topological polar surface area (TPSA) is 107 Å². The van der Waals surface area contributed by atoms with Crippen molar-refractivity contribution >= 4 is 19.7 Å². The van der Waals surface area contributed by atoms with Gasteiger partial charge in [-0.1, -0.05) is 30.3 Å². The Bertz CT molecular complexity index is 1530. The van der Waals surface area contributed by atoms with Gasteiger partial charge in [-0.15, -0.1) is 0 Å². The van der Waals surface area contributed by atoms with Crippen LogP contribution in [0.3, 0.4) is 0 Å². The van der Waals surface area contributed by atoms with Crippen molar-refractivity contribution < 1.29 is 31.4 Å². The number of unbranched alkanes of at least 4 members (excludes halogenated alkanes) is 1. The van der Waals surface area contributed by atoms with Crippen molar-refractivity contribution in [1.82, 2.24) is 0 Å². The van der Waals surface area contributed by atoms with Crippen LogP contribution in [0.5, 0.6) is 17.2 Å². The Morgan fingerprint density at radius 3 is 1.46 bits per heavy atom. The lowest BCUT2D eigenvalue weighted by atomic mass is 10.3. The SMILES string of the molecule is O=S(=O)(c1ccccc1)c1ccc(OCCCCOc2ccc(S(=O)(=O)c3ccccc3O)cc2)cc1. The molecule has 0 heterocycles. The molecule has 37 heavy (non-hydrogen) atoms. The van der Waals surface area contributed by atoms with Crippen LogP contribution in [0.4, 0.5) is 0 Å². The molecule has 0 radical (unpaired) electrons. The number of phenolic OH excluding ortho intramolecular Hbond substituents is 1. The second-order valence-electron chi connectivity index (χ2n) is 8.13. The van der Waals surface area contributed by atoms with Crippen molar-refractivity contribution in [3.63, 3.8) is 0 Å². The van der Waals surface area contributed by atoms with Gasteiger partial charge in [-0.25, -0.2) is 16.8 Å². The fourth-order valence-corrected chi connectivity index (χ4v) is 6.19. The van der Waals surface area contributed by atoms with Gasteiger partial charge < -0.3 is 14.6 Å². The second-order valence-corrected chi connectivity index (χ2v) is 12.0. The zero-order valence-electron chi connectivity index (χ0n) is 19.9. The molecule has 0 saturated carbocycles. The minimum absolute atomic E-state index is 0.0670. The number of phenols is 1. The summed E-state index contributed by atoms with van der Waals surface area (Å²) >= 11 is 0. The zero-order valence-corrected chi connectivity index (χ0v) is 21.5. The van der Waals surface area contributed by atoms with Crippen LogP contribution in [-0.2, 0) is 19.7 Å². The van der Waals surface area contributed by atoms with Gasteiger partial charge in [0.2, 0.25) is 19.7 Å². The van der Waals surface area contributed by atoms with Crippen molar-refractivity contribution in [2.24, 2.45) is 0 Å². The molecule has 0 saturated heterocycles. The van der Waals surface area contributed by atoms with Crippen LogP contribution in [0, 0.1) is 0 Å². The van der Waals surface area contributed by atoms with Crippen molar-refractivity contribution in [2.45, 2.75) is 32.4 Å². The lowest BCUT2D eigenvalue weighted by molar-refractivity contribution is 0.266. The van der Waals surface area contributed by atoms with E-state index in [1.54, 1.807) is 66.7 Å². The molecule has 0 bridgehead atoms. The lowest BCUT2D eigenvalue weighted by Gasteiger charge is -2.10. The van der Waals surface area contributed by atoms with E-state index in [0.717, 1.165) is 0 Å². The second kappa shape index (κ2) is 11.5. The first-order chi connectivity index (χ1) is 17.8. The number of rotatable bonds is 11. The first-order valence-corrected chi connectivity index (χ1v) is 14.5. The highest BCUT2D eigenvalue weighted by Crippen LogP contribution is 2.29. The standard InChI is InChI=1S/C28H26O7S2/c29-27-10-4-5-11-28(27)37(32,33)26-18-14-23(15-19-26)35-21-7-6-20-34-22-12-16-25(17-13-22)36(30,31)24-8-2-1-3-9-24/h1-5,8-19,29H,6-7,20-21H2. The van der Waals surface area contributed by atoms with Crippen LogP contribution in [-0.4, -0.2) is 35.2 Å². The van der Waals surface area contributed by atoms with E-state index >= 15 is 0 Å². The summed E-state index contributed by atoms with van der Waals surface area (Å²) in [6.45, 7) is 0.856. The highest BCUT2D eigenvalue weighted by Gasteiger charge is 2.21. The maximum atomic E-state index is 12.7. The smallest absolute Gasteiger partial charge is 0.210 e. The summed E-state index contributed by atoms with van der Waals surface area (Å²) in [5, 5.41) is 9.87. The quantitative estimate of drug-likeness (QED) is 0.258. The maximum absolute atomic E-state index is 12.7. The molecule has 0 amide bonds. The van der Waals surface area contributed by atoms with Crippen LogP contribution >= 0.6 is 0 Å². The number of para-hydroxylation sites is 1. The molecule has 0 atom stereocenters. The summed E-state index contributed by atoms with van der Waals surface area (Å²) < 4.78 is 62.1. The molecule has 9 heteroatoms. The third-order valence-corrected chi connectivity index (χ3v) is 9.16. The molecule has 0 aliphatic rings. The summed E-state index contributed by atoms with van der Waals surface area (Å²) in [5.41, 5.74) is 0. The van der Waals surface area contributed by atoms with E-state index in [4.69, 9.17) is 9.47 Å². The van der Waals surface area contributed by atoms with Crippen molar-refractivity contribution in [1.29, 1.82) is 0 Å². The van der Waals surface area contributed by atoms with Gasteiger partial charge in [0.15, 0.2) is 0 Å². The number of sulfone groups is 2. The lowest BCUT2D eigenvalue weighted by Crippen LogP contribution is -2.04. The van der Waals surface area contributed by atoms with Crippen molar-refractivity contribution in [3.05, 3.63) is 103 Å². The molecule has 0 aliphatic carbocycles. The van der Waals surface area contributed by atoms with E-state index in [-0.39, 0.29) is 25.3 Å². The fraction of sp³-hybridized carbons (Fsp3) is 0.143. The van der Waals surface area contributed by atoms with E-state index in [1.165, 1.54) is 36.4 Å². The van der Waals surface area contributed by atoms with E-state index in [2.05, 4.69) is 0 Å². The van der Waals surface area contributed by atoms with Gasteiger partial charge in [0.05, 0.1) is 27.9 Å². The van der Waals surface area contributed by atoms with Gasteiger partial charge >= 0.3 is 0 Å². The average molecular weight is 539 g/mol. The summed E-state index contributed by atoms with van der Waals surface area (Å²) in [4.78, 5) is 0.378. The first-order valence-electron chi connectivity index (χ1n) is 11.6. The molecule has 4 aromatic carbocycles. The predicted octanol–water partition coefficient (Wildman–Crippen LogP) is 5.30. The number of ether oxygens (including phenoxy) is 2. The number of hydrogen-bond donors (Lipinski definition) is 1. The van der Waals surface area contributed by atoms with Crippen LogP contribution in [0.25, 0.3) is 0 Å². The molecule has 192 valence electrons. The van der Waals surface area contributed by atoms with Gasteiger partial charge in [0, 0.05) is 0 Å². The predicted molar refractivity (Wildman–Crippen MR) is 139 cm³/mol. The summed E-state index contributed by atoms with van der Waals surface area (Å²) in [6, 6.07) is 26.5. The third-order valence-electron chi connectivity index (χ3n) is 5.55. The first kappa shape index (κ1) is 26.2. The molecular weight excluding hydrogens is 512 g/mol. The molecule has 0 spiro atoms. The normalized spacial score (nSPS) is 11.7. The molecule has 0 aromatic heterocycles. The molecule has 4 rings (SSSR count). The molecule has 7 nitrogen and oxygen atoms in total. The van der Waals surface area contributed by atoms with Crippen LogP contribution in [0.1, 0.15) is 12.8 Å². The van der Waals surface area contributed by atoms with Crippen LogP contribution < -0.4 is 9.47 Å². The molecule has 1 N–H and O–H groups in total. The largest absolute Gasteiger partial charge is 0.507 e. The highest BCUT2D eigenvalue weighted by molar-refractivity contribution is 7.91. The minimum Gasteiger partial charge on any atom is -0.507 e. The molecule has 0 unspecified atom stereocenters. The Morgan fingerprint density at radius 2 is 0.946 bits per heavy atom. The van der Waals surface area contributed by atoms with Gasteiger partial charge in [-0.05, 0) is 85.6 Å². The van der Waals surface area contributed by atoms with Gasteiger partial charge in [0.25, 0.3) is 0 Å².